The summed E-state index contributed by atoms with van der Waals surface area (Å²) in [6, 6.07) is 4.02. The van der Waals surface area contributed by atoms with Crippen molar-refractivity contribution in [2.75, 3.05) is 19.8 Å². The summed E-state index contributed by atoms with van der Waals surface area (Å²) in [5, 5.41) is 20.8. The fourth-order valence-corrected chi connectivity index (χ4v) is 2.75. The fraction of sp³-hybridized carbons (Fsp3) is 0.500. The largest absolute Gasteiger partial charge is 0.502 e. The molecule has 21 heavy (non-hydrogen) atoms. The smallest absolute Gasteiger partial charge is 0.311 e. The van der Waals surface area contributed by atoms with Crippen molar-refractivity contribution in [3.63, 3.8) is 0 Å². The zero-order valence-electron chi connectivity index (χ0n) is 11.4. The molecule has 1 unspecified atom stereocenters. The van der Waals surface area contributed by atoms with Crippen LogP contribution >= 0.6 is 0 Å². The second-order valence-corrected chi connectivity index (χ2v) is 5.41. The molecule has 2 aliphatic rings. The van der Waals surface area contributed by atoms with Gasteiger partial charge in [0.25, 0.3) is 5.91 Å². The summed E-state index contributed by atoms with van der Waals surface area (Å²) in [6.07, 6.45) is 2.14. The van der Waals surface area contributed by atoms with E-state index in [1.807, 2.05) is 0 Å². The van der Waals surface area contributed by atoms with Gasteiger partial charge in [-0.2, -0.15) is 0 Å². The number of rotatable bonds is 3. The number of amides is 1. The lowest BCUT2D eigenvalue weighted by Gasteiger charge is -2.36. The second-order valence-electron chi connectivity index (χ2n) is 5.41. The number of aromatic hydroxyl groups is 1. The van der Waals surface area contributed by atoms with Crippen molar-refractivity contribution < 1.29 is 19.6 Å². The third-order valence-electron chi connectivity index (χ3n) is 4.03. The number of para-hydroxylation sites is 1. The number of nitro benzene ring substituents is 1. The third-order valence-corrected chi connectivity index (χ3v) is 4.03. The molecule has 1 heterocycles. The molecule has 112 valence electrons. The van der Waals surface area contributed by atoms with E-state index in [9.17, 15) is 20.0 Å². The molecule has 1 aromatic carbocycles. The fourth-order valence-electron chi connectivity index (χ4n) is 2.75. The van der Waals surface area contributed by atoms with E-state index in [4.69, 9.17) is 4.74 Å². The number of hydrogen-bond donors (Lipinski definition) is 1. The Morgan fingerprint density at radius 1 is 1.43 bits per heavy atom. The van der Waals surface area contributed by atoms with Gasteiger partial charge in [0.15, 0.2) is 0 Å². The second kappa shape index (κ2) is 5.33. The summed E-state index contributed by atoms with van der Waals surface area (Å²) in [5.74, 6) is -0.486. The lowest BCUT2D eigenvalue weighted by Crippen LogP contribution is -2.49. The lowest BCUT2D eigenvalue weighted by molar-refractivity contribution is -0.385. The van der Waals surface area contributed by atoms with Gasteiger partial charge in [0.2, 0.25) is 5.75 Å². The van der Waals surface area contributed by atoms with Crippen LogP contribution in [0.1, 0.15) is 23.2 Å². The number of carbonyl (C=O) groups excluding carboxylic acids is 1. The van der Waals surface area contributed by atoms with E-state index in [0.717, 1.165) is 12.8 Å². The molecule has 2 fully saturated rings. The first-order valence-electron chi connectivity index (χ1n) is 6.94. The number of morpholine rings is 1. The normalized spacial score (nSPS) is 22.1. The summed E-state index contributed by atoms with van der Waals surface area (Å²) in [6.45, 7) is 1.39. The van der Waals surface area contributed by atoms with Crippen molar-refractivity contribution in [2.24, 2.45) is 5.92 Å². The molecule has 3 rings (SSSR count). The minimum atomic E-state index is -0.691. The van der Waals surface area contributed by atoms with Gasteiger partial charge in [0, 0.05) is 12.6 Å². The van der Waals surface area contributed by atoms with Crippen molar-refractivity contribution in [2.45, 2.75) is 18.9 Å². The Morgan fingerprint density at radius 3 is 2.86 bits per heavy atom. The van der Waals surface area contributed by atoms with Crippen molar-refractivity contribution in [3.8, 4) is 5.75 Å². The molecular formula is C14H16N2O5. The standard InChI is InChI=1S/C14H16N2O5/c17-13-10(2-1-3-11(13)16(19)20)14(18)15-6-7-21-8-12(15)9-4-5-9/h1-3,9,12,17H,4-8H2. The van der Waals surface area contributed by atoms with Crippen molar-refractivity contribution in [3.05, 3.63) is 33.9 Å². The highest BCUT2D eigenvalue weighted by Gasteiger charge is 2.40. The Kier molecular flexibility index (Phi) is 3.50. The van der Waals surface area contributed by atoms with Crippen molar-refractivity contribution in [1.82, 2.24) is 4.90 Å². The van der Waals surface area contributed by atoms with E-state index in [-0.39, 0.29) is 17.5 Å². The van der Waals surface area contributed by atoms with Crippen LogP contribution in [0.4, 0.5) is 5.69 Å². The number of carbonyl (C=O) groups is 1. The van der Waals surface area contributed by atoms with E-state index in [2.05, 4.69) is 0 Å². The summed E-state index contributed by atoms with van der Waals surface area (Å²) in [4.78, 5) is 24.5. The number of phenols is 1. The topological polar surface area (TPSA) is 92.9 Å². The maximum Gasteiger partial charge on any atom is 0.311 e. The van der Waals surface area contributed by atoms with E-state index >= 15 is 0 Å². The monoisotopic (exact) mass is 292 g/mol. The van der Waals surface area contributed by atoms with E-state index < -0.39 is 16.4 Å². The molecule has 1 atom stereocenters. The van der Waals surface area contributed by atoms with Crippen LogP contribution in [0.3, 0.4) is 0 Å². The van der Waals surface area contributed by atoms with Gasteiger partial charge in [-0.05, 0) is 24.8 Å². The minimum absolute atomic E-state index is 0.00455. The molecule has 0 spiro atoms. The van der Waals surface area contributed by atoms with Crippen LogP contribution in [0, 0.1) is 16.0 Å². The SMILES string of the molecule is O=C(c1cccc([N+](=O)[O-])c1O)N1CCOCC1C1CC1. The zero-order chi connectivity index (χ0) is 15.0. The molecule has 1 saturated heterocycles. The molecule has 7 heteroatoms. The summed E-state index contributed by atoms with van der Waals surface area (Å²) in [5.41, 5.74) is -0.464. The molecule has 1 amide bonds. The summed E-state index contributed by atoms with van der Waals surface area (Å²) >= 11 is 0. The van der Waals surface area contributed by atoms with Crippen LogP contribution in [0.15, 0.2) is 18.2 Å². The first-order valence-corrected chi connectivity index (χ1v) is 6.94. The van der Waals surface area contributed by atoms with Gasteiger partial charge >= 0.3 is 5.69 Å². The first-order chi connectivity index (χ1) is 10.1. The van der Waals surface area contributed by atoms with Gasteiger partial charge in [-0.3, -0.25) is 14.9 Å². The number of hydrogen-bond acceptors (Lipinski definition) is 5. The number of phenolic OH excluding ortho intramolecular Hbond substituents is 1. The number of ether oxygens (including phenoxy) is 1. The zero-order valence-corrected chi connectivity index (χ0v) is 11.4. The van der Waals surface area contributed by atoms with Crippen LogP contribution in [-0.2, 0) is 4.74 Å². The van der Waals surface area contributed by atoms with Crippen LogP contribution < -0.4 is 0 Å². The van der Waals surface area contributed by atoms with E-state index in [1.54, 1.807) is 4.90 Å². The Labute approximate surface area is 121 Å². The van der Waals surface area contributed by atoms with E-state index in [1.165, 1.54) is 18.2 Å². The van der Waals surface area contributed by atoms with Gasteiger partial charge in [0.05, 0.1) is 29.7 Å². The average Bonchev–Trinajstić information content (AvgIpc) is 3.31. The van der Waals surface area contributed by atoms with Crippen LogP contribution in [0.25, 0.3) is 0 Å². The Bertz CT molecular complexity index is 585. The van der Waals surface area contributed by atoms with Gasteiger partial charge in [-0.1, -0.05) is 6.07 Å². The molecule has 1 saturated carbocycles. The highest BCUT2D eigenvalue weighted by Crippen LogP contribution is 2.38. The summed E-state index contributed by atoms with van der Waals surface area (Å²) < 4.78 is 5.43. The quantitative estimate of drug-likeness (QED) is 0.674. The Balaban J connectivity index is 1.90. The lowest BCUT2D eigenvalue weighted by atomic mass is 10.1. The molecule has 1 aliphatic heterocycles. The predicted molar refractivity (Wildman–Crippen MR) is 73.1 cm³/mol. The maximum absolute atomic E-state index is 12.6. The molecule has 0 bridgehead atoms. The van der Waals surface area contributed by atoms with Gasteiger partial charge in [0.1, 0.15) is 0 Å². The number of nitro groups is 1. The van der Waals surface area contributed by atoms with Crippen LogP contribution in [0.5, 0.6) is 5.75 Å². The highest BCUT2D eigenvalue weighted by molar-refractivity contribution is 5.98. The minimum Gasteiger partial charge on any atom is -0.502 e. The molecule has 0 radical (unpaired) electrons. The van der Waals surface area contributed by atoms with Crippen LogP contribution in [0.2, 0.25) is 0 Å². The average molecular weight is 292 g/mol. The Hall–Kier alpha value is -2.15. The Morgan fingerprint density at radius 2 is 2.19 bits per heavy atom. The van der Waals surface area contributed by atoms with Crippen LogP contribution in [-0.4, -0.2) is 46.6 Å². The molecule has 1 N–H and O–H groups in total. The molecule has 1 aliphatic carbocycles. The van der Waals surface area contributed by atoms with Gasteiger partial charge in [-0.15, -0.1) is 0 Å². The predicted octanol–water partition coefficient (Wildman–Crippen LogP) is 1.55. The third kappa shape index (κ3) is 2.56. The summed E-state index contributed by atoms with van der Waals surface area (Å²) in [7, 11) is 0. The molecular weight excluding hydrogens is 276 g/mol. The number of benzene rings is 1. The number of nitrogens with zero attached hydrogens (tertiary/aromatic N) is 2. The maximum atomic E-state index is 12.6. The first kappa shape index (κ1) is 13.8. The molecule has 7 nitrogen and oxygen atoms in total. The van der Waals surface area contributed by atoms with Gasteiger partial charge in [-0.25, -0.2) is 0 Å². The van der Waals surface area contributed by atoms with E-state index in [0.29, 0.717) is 25.7 Å². The van der Waals surface area contributed by atoms with Crippen molar-refractivity contribution >= 4 is 11.6 Å². The van der Waals surface area contributed by atoms with Gasteiger partial charge < -0.3 is 14.7 Å². The van der Waals surface area contributed by atoms with Crippen molar-refractivity contribution in [1.29, 1.82) is 0 Å². The molecule has 1 aromatic rings. The molecule has 0 aromatic heterocycles. The highest BCUT2D eigenvalue weighted by atomic mass is 16.6.